The van der Waals surface area contributed by atoms with E-state index in [1.54, 1.807) is 38.7 Å². The van der Waals surface area contributed by atoms with Crippen molar-refractivity contribution in [2.75, 3.05) is 31.3 Å². The van der Waals surface area contributed by atoms with E-state index in [1.807, 2.05) is 44.4 Å². The molecule has 9 heteroatoms. The first-order chi connectivity index (χ1) is 16.4. The second-order valence-corrected chi connectivity index (χ2v) is 10.0. The highest BCUT2D eigenvalue weighted by molar-refractivity contribution is 6.39. The molecule has 35 heavy (non-hydrogen) atoms. The van der Waals surface area contributed by atoms with Crippen molar-refractivity contribution >= 4 is 29.4 Å². The molecule has 9 nitrogen and oxygen atoms in total. The zero-order valence-electron chi connectivity index (χ0n) is 21.3. The van der Waals surface area contributed by atoms with Crippen molar-refractivity contribution in [3.05, 3.63) is 53.7 Å². The molecule has 1 aliphatic heterocycles. The van der Waals surface area contributed by atoms with Crippen LogP contribution in [0.15, 0.2) is 42.6 Å². The summed E-state index contributed by atoms with van der Waals surface area (Å²) in [6, 6.07) is 11.6. The Morgan fingerprint density at radius 3 is 2.40 bits per heavy atom. The van der Waals surface area contributed by atoms with E-state index in [1.165, 1.54) is 6.20 Å². The number of pyridine rings is 1. The second kappa shape index (κ2) is 10.9. The van der Waals surface area contributed by atoms with E-state index in [-0.39, 0.29) is 6.04 Å². The molecule has 188 valence electrons. The molecule has 0 saturated carbocycles. The van der Waals surface area contributed by atoms with Crippen molar-refractivity contribution in [2.24, 2.45) is 0 Å². The van der Waals surface area contributed by atoms with E-state index in [0.717, 1.165) is 18.4 Å². The number of hydrogen-bond donors (Lipinski definition) is 2. The predicted molar refractivity (Wildman–Crippen MR) is 135 cm³/mol. The van der Waals surface area contributed by atoms with Crippen LogP contribution in [0.1, 0.15) is 50.8 Å². The maximum Gasteiger partial charge on any atom is 0.413 e. The summed E-state index contributed by atoms with van der Waals surface area (Å²) in [6.07, 6.45) is 2.33. The topological polar surface area (TPSA) is 104 Å². The number of carbonyl (C=O) groups is 3. The SMILES string of the molecule is Cc1cc(NC(=O)C(=O)N2CCC(N(C)C)CC2c2ccccc2)cnc1NC(=O)OC(C)(C)C. The van der Waals surface area contributed by atoms with Gasteiger partial charge in [0.25, 0.3) is 0 Å². The number of ether oxygens (including phenoxy) is 1. The minimum atomic E-state index is -0.719. The van der Waals surface area contributed by atoms with E-state index in [0.29, 0.717) is 29.7 Å². The molecule has 0 bridgehead atoms. The molecular weight excluding hydrogens is 446 g/mol. The van der Waals surface area contributed by atoms with E-state index < -0.39 is 23.5 Å². The fourth-order valence-corrected chi connectivity index (χ4v) is 4.14. The van der Waals surface area contributed by atoms with Crippen LogP contribution in [0, 0.1) is 6.92 Å². The molecule has 1 fully saturated rings. The minimum Gasteiger partial charge on any atom is -0.444 e. The molecule has 3 amide bonds. The third kappa shape index (κ3) is 7.02. The van der Waals surface area contributed by atoms with Gasteiger partial charge >= 0.3 is 17.9 Å². The molecule has 1 aromatic heterocycles. The lowest BCUT2D eigenvalue weighted by Crippen LogP contribution is -2.49. The number of piperidine rings is 1. The highest BCUT2D eigenvalue weighted by Crippen LogP contribution is 2.33. The number of carbonyl (C=O) groups excluding carboxylic acids is 3. The number of nitrogens with one attached hydrogen (secondary N) is 2. The number of aromatic nitrogens is 1. The minimum absolute atomic E-state index is 0.184. The summed E-state index contributed by atoms with van der Waals surface area (Å²) in [5, 5.41) is 5.25. The molecule has 1 saturated heterocycles. The summed E-state index contributed by atoms with van der Waals surface area (Å²) in [5.74, 6) is -0.980. The van der Waals surface area contributed by atoms with E-state index in [4.69, 9.17) is 4.74 Å². The summed E-state index contributed by atoms with van der Waals surface area (Å²) in [6.45, 7) is 7.55. The molecule has 0 spiro atoms. The van der Waals surface area contributed by atoms with Gasteiger partial charge in [0.15, 0.2) is 0 Å². The van der Waals surface area contributed by atoms with Gasteiger partial charge in [-0.2, -0.15) is 0 Å². The van der Waals surface area contributed by atoms with Crippen LogP contribution in [0.5, 0.6) is 0 Å². The molecule has 2 unspecified atom stereocenters. The maximum atomic E-state index is 13.2. The lowest BCUT2D eigenvalue weighted by Gasteiger charge is -2.41. The number of benzene rings is 1. The first-order valence-electron chi connectivity index (χ1n) is 11.7. The molecule has 0 aliphatic carbocycles. The Bertz CT molecular complexity index is 1070. The van der Waals surface area contributed by atoms with Crippen LogP contribution in [-0.4, -0.2) is 65.0 Å². The number of amides is 3. The van der Waals surface area contributed by atoms with Crippen LogP contribution in [0.25, 0.3) is 0 Å². The largest absolute Gasteiger partial charge is 0.444 e. The normalized spacial score (nSPS) is 18.2. The fourth-order valence-electron chi connectivity index (χ4n) is 4.14. The number of nitrogens with zero attached hydrogens (tertiary/aromatic N) is 3. The van der Waals surface area contributed by atoms with Crippen LogP contribution in [0.4, 0.5) is 16.3 Å². The molecule has 1 aromatic carbocycles. The van der Waals surface area contributed by atoms with Crippen LogP contribution < -0.4 is 10.6 Å². The molecule has 2 heterocycles. The van der Waals surface area contributed by atoms with Crippen LogP contribution in [0.2, 0.25) is 0 Å². The first kappa shape index (κ1) is 26.2. The summed E-state index contributed by atoms with van der Waals surface area (Å²) < 4.78 is 5.25. The van der Waals surface area contributed by atoms with E-state index in [9.17, 15) is 14.4 Å². The van der Waals surface area contributed by atoms with Gasteiger partial charge in [-0.05, 0) is 71.8 Å². The molecular formula is C26H35N5O4. The van der Waals surface area contributed by atoms with Gasteiger partial charge in [0.2, 0.25) is 0 Å². The number of anilines is 2. The highest BCUT2D eigenvalue weighted by Gasteiger charge is 2.36. The quantitative estimate of drug-likeness (QED) is 0.641. The Balaban J connectivity index is 1.70. The van der Waals surface area contributed by atoms with Crippen LogP contribution >= 0.6 is 0 Å². The number of likely N-dealkylation sites (tertiary alicyclic amines) is 1. The zero-order chi connectivity index (χ0) is 25.8. The zero-order valence-corrected chi connectivity index (χ0v) is 21.3. The van der Waals surface area contributed by atoms with Crippen LogP contribution in [-0.2, 0) is 14.3 Å². The predicted octanol–water partition coefficient (Wildman–Crippen LogP) is 3.97. The van der Waals surface area contributed by atoms with Crippen molar-refractivity contribution in [1.82, 2.24) is 14.8 Å². The van der Waals surface area contributed by atoms with Crippen molar-refractivity contribution in [2.45, 2.75) is 58.2 Å². The lowest BCUT2D eigenvalue weighted by molar-refractivity contribution is -0.146. The van der Waals surface area contributed by atoms with Crippen molar-refractivity contribution in [1.29, 1.82) is 0 Å². The van der Waals surface area contributed by atoms with Gasteiger partial charge < -0.3 is 19.9 Å². The molecule has 2 aromatic rings. The monoisotopic (exact) mass is 481 g/mol. The summed E-state index contributed by atoms with van der Waals surface area (Å²) in [7, 11) is 4.07. The molecule has 2 atom stereocenters. The average Bonchev–Trinajstić information content (AvgIpc) is 2.79. The van der Waals surface area contributed by atoms with Gasteiger partial charge in [-0.1, -0.05) is 30.3 Å². The number of aryl methyl sites for hydroxylation is 1. The van der Waals surface area contributed by atoms with E-state index in [2.05, 4.69) is 20.5 Å². The third-order valence-corrected chi connectivity index (χ3v) is 5.90. The standard InChI is InChI=1S/C26H35N5O4/c1-17-14-19(16-27-22(17)29-25(34)35-26(2,3)4)28-23(32)24(33)31-13-12-20(30(5)6)15-21(31)18-10-8-7-9-11-18/h7-11,14,16,20-21H,12-13,15H2,1-6H3,(H,28,32)(H,27,29,34). The Morgan fingerprint density at radius 2 is 1.80 bits per heavy atom. The number of rotatable bonds is 4. The van der Waals surface area contributed by atoms with Crippen LogP contribution in [0.3, 0.4) is 0 Å². The van der Waals surface area contributed by atoms with Gasteiger partial charge in [-0.25, -0.2) is 9.78 Å². The third-order valence-electron chi connectivity index (χ3n) is 5.90. The second-order valence-electron chi connectivity index (χ2n) is 10.0. The molecule has 3 rings (SSSR count). The van der Waals surface area contributed by atoms with E-state index >= 15 is 0 Å². The summed E-state index contributed by atoms with van der Waals surface area (Å²) in [4.78, 5) is 46.2. The van der Waals surface area contributed by atoms with Gasteiger partial charge in [-0.15, -0.1) is 0 Å². The molecule has 1 aliphatic rings. The van der Waals surface area contributed by atoms with Crippen molar-refractivity contribution < 1.29 is 19.1 Å². The average molecular weight is 482 g/mol. The maximum absolute atomic E-state index is 13.2. The highest BCUT2D eigenvalue weighted by atomic mass is 16.6. The Hall–Kier alpha value is -3.46. The van der Waals surface area contributed by atoms with Gasteiger partial charge in [0.05, 0.1) is 17.9 Å². The van der Waals surface area contributed by atoms with Crippen molar-refractivity contribution in [3.8, 4) is 0 Å². The van der Waals surface area contributed by atoms with Gasteiger partial charge in [-0.3, -0.25) is 14.9 Å². The number of hydrogen-bond acceptors (Lipinski definition) is 6. The molecule has 2 N–H and O–H groups in total. The first-order valence-corrected chi connectivity index (χ1v) is 11.7. The van der Waals surface area contributed by atoms with Crippen molar-refractivity contribution in [3.63, 3.8) is 0 Å². The fraction of sp³-hybridized carbons (Fsp3) is 0.462. The lowest BCUT2D eigenvalue weighted by atomic mass is 9.91. The Labute approximate surface area is 206 Å². The Morgan fingerprint density at radius 1 is 1.11 bits per heavy atom. The van der Waals surface area contributed by atoms with Gasteiger partial charge in [0.1, 0.15) is 11.4 Å². The summed E-state index contributed by atoms with van der Waals surface area (Å²) >= 11 is 0. The smallest absolute Gasteiger partial charge is 0.413 e. The summed E-state index contributed by atoms with van der Waals surface area (Å²) in [5.41, 5.74) is 1.37. The van der Waals surface area contributed by atoms with Gasteiger partial charge in [0, 0.05) is 12.6 Å². The Kier molecular flexibility index (Phi) is 8.11. The molecule has 0 radical (unpaired) electrons.